The Kier molecular flexibility index (Phi) is 5.34. The van der Waals surface area contributed by atoms with Crippen molar-refractivity contribution in [1.29, 1.82) is 0 Å². The van der Waals surface area contributed by atoms with Crippen molar-refractivity contribution in [3.8, 4) is 0 Å². The highest BCUT2D eigenvalue weighted by atomic mass is 16.5. The molecule has 0 amide bonds. The third-order valence-electron chi connectivity index (χ3n) is 5.08. The lowest BCUT2D eigenvalue weighted by atomic mass is 9.82. The van der Waals surface area contributed by atoms with Crippen LogP contribution in [0.2, 0.25) is 0 Å². The minimum atomic E-state index is 0.589. The summed E-state index contributed by atoms with van der Waals surface area (Å²) >= 11 is 0. The molecule has 0 aromatic carbocycles. The lowest BCUT2D eigenvalue weighted by molar-refractivity contribution is -0.0963. The van der Waals surface area contributed by atoms with Crippen molar-refractivity contribution in [1.82, 2.24) is 0 Å². The molecular weight excluding hydrogens is 208 g/mol. The van der Waals surface area contributed by atoms with Crippen molar-refractivity contribution in [3.63, 3.8) is 0 Å². The van der Waals surface area contributed by atoms with Crippen LogP contribution in [-0.2, 0) is 4.74 Å². The van der Waals surface area contributed by atoms with Crippen LogP contribution < -0.4 is 0 Å². The van der Waals surface area contributed by atoms with Gasteiger partial charge in [0.25, 0.3) is 0 Å². The van der Waals surface area contributed by atoms with E-state index in [2.05, 4.69) is 13.8 Å². The first-order valence-electron chi connectivity index (χ1n) is 8.00. The standard InChI is InChI=1S/C16H30O/c1-3-13-9-5-7-11-15(13)17-16-12-8-6-10-14(16)4-2/h13-16H,3-12H2,1-2H3. The Morgan fingerprint density at radius 3 is 1.53 bits per heavy atom. The van der Waals surface area contributed by atoms with E-state index in [4.69, 9.17) is 4.74 Å². The van der Waals surface area contributed by atoms with E-state index in [-0.39, 0.29) is 0 Å². The normalized spacial score (nSPS) is 39.2. The molecule has 1 heteroatoms. The molecule has 0 saturated heterocycles. The van der Waals surface area contributed by atoms with Crippen LogP contribution in [0.4, 0.5) is 0 Å². The monoisotopic (exact) mass is 238 g/mol. The van der Waals surface area contributed by atoms with Crippen molar-refractivity contribution in [2.24, 2.45) is 11.8 Å². The van der Waals surface area contributed by atoms with Gasteiger partial charge in [-0.15, -0.1) is 0 Å². The summed E-state index contributed by atoms with van der Waals surface area (Å²) in [6.07, 6.45) is 14.9. The molecule has 2 rings (SSSR count). The zero-order valence-electron chi connectivity index (χ0n) is 11.8. The van der Waals surface area contributed by atoms with Crippen LogP contribution in [0.15, 0.2) is 0 Å². The maximum Gasteiger partial charge on any atom is 0.0607 e. The predicted molar refractivity (Wildman–Crippen MR) is 73.2 cm³/mol. The molecule has 2 fully saturated rings. The highest BCUT2D eigenvalue weighted by molar-refractivity contribution is 4.80. The molecular formula is C16H30O. The summed E-state index contributed by atoms with van der Waals surface area (Å²) in [5.74, 6) is 1.70. The van der Waals surface area contributed by atoms with Gasteiger partial charge in [0.1, 0.15) is 0 Å². The Labute approximate surface area is 107 Å². The molecule has 0 aliphatic heterocycles. The summed E-state index contributed by atoms with van der Waals surface area (Å²) in [6, 6.07) is 0. The van der Waals surface area contributed by atoms with Gasteiger partial charge in [-0.1, -0.05) is 52.4 Å². The van der Waals surface area contributed by atoms with Crippen molar-refractivity contribution < 1.29 is 4.74 Å². The van der Waals surface area contributed by atoms with Gasteiger partial charge in [-0.05, 0) is 37.5 Å². The molecule has 1 nitrogen and oxygen atoms in total. The first kappa shape index (κ1) is 13.4. The second-order valence-corrected chi connectivity index (χ2v) is 6.12. The van der Waals surface area contributed by atoms with Crippen LogP contribution in [0.5, 0.6) is 0 Å². The molecule has 4 unspecified atom stereocenters. The topological polar surface area (TPSA) is 9.23 Å². The van der Waals surface area contributed by atoms with E-state index in [0.29, 0.717) is 12.2 Å². The molecule has 0 radical (unpaired) electrons. The number of hydrogen-bond acceptors (Lipinski definition) is 1. The molecule has 2 saturated carbocycles. The van der Waals surface area contributed by atoms with Crippen molar-refractivity contribution in [2.45, 2.75) is 90.3 Å². The van der Waals surface area contributed by atoms with Crippen molar-refractivity contribution in [2.75, 3.05) is 0 Å². The average Bonchev–Trinajstić information content (AvgIpc) is 2.40. The second kappa shape index (κ2) is 6.78. The molecule has 0 bridgehead atoms. The van der Waals surface area contributed by atoms with Crippen LogP contribution in [-0.4, -0.2) is 12.2 Å². The molecule has 17 heavy (non-hydrogen) atoms. The fourth-order valence-corrected chi connectivity index (χ4v) is 3.86. The number of ether oxygens (including phenoxy) is 1. The van der Waals surface area contributed by atoms with Gasteiger partial charge in [0.15, 0.2) is 0 Å². The Balaban J connectivity index is 1.88. The smallest absolute Gasteiger partial charge is 0.0607 e. The third-order valence-corrected chi connectivity index (χ3v) is 5.08. The van der Waals surface area contributed by atoms with Gasteiger partial charge in [0.2, 0.25) is 0 Å². The Bertz CT molecular complexity index is 192. The minimum absolute atomic E-state index is 0.589. The molecule has 0 spiro atoms. The molecule has 4 atom stereocenters. The summed E-state index contributed by atoms with van der Waals surface area (Å²) < 4.78 is 6.54. The predicted octanol–water partition coefficient (Wildman–Crippen LogP) is 4.94. The zero-order chi connectivity index (χ0) is 12.1. The van der Waals surface area contributed by atoms with Gasteiger partial charge >= 0.3 is 0 Å². The first-order chi connectivity index (χ1) is 8.35. The fraction of sp³-hybridized carbons (Fsp3) is 1.00. The van der Waals surface area contributed by atoms with E-state index in [9.17, 15) is 0 Å². The first-order valence-corrected chi connectivity index (χ1v) is 8.00. The van der Waals surface area contributed by atoms with Crippen molar-refractivity contribution >= 4 is 0 Å². The van der Waals surface area contributed by atoms with Crippen molar-refractivity contribution in [3.05, 3.63) is 0 Å². The SMILES string of the molecule is CCC1CCCCC1OC1CCCCC1CC. The third kappa shape index (κ3) is 3.47. The zero-order valence-corrected chi connectivity index (χ0v) is 11.8. The molecule has 0 heterocycles. The Hall–Kier alpha value is -0.0400. The van der Waals surface area contributed by atoms with Crippen LogP contribution in [0, 0.1) is 11.8 Å². The summed E-state index contributed by atoms with van der Waals surface area (Å²) in [6.45, 7) is 4.68. The van der Waals surface area contributed by atoms with Crippen LogP contribution in [0.1, 0.15) is 78.1 Å². The summed E-state index contributed by atoms with van der Waals surface area (Å²) in [5.41, 5.74) is 0. The largest absolute Gasteiger partial charge is 0.374 e. The highest BCUT2D eigenvalue weighted by Gasteiger charge is 2.31. The van der Waals surface area contributed by atoms with Gasteiger partial charge in [0, 0.05) is 0 Å². The molecule has 0 N–H and O–H groups in total. The highest BCUT2D eigenvalue weighted by Crippen LogP contribution is 2.35. The minimum Gasteiger partial charge on any atom is -0.374 e. The van der Waals surface area contributed by atoms with E-state index < -0.39 is 0 Å². The van der Waals surface area contributed by atoms with E-state index in [1.807, 2.05) is 0 Å². The Morgan fingerprint density at radius 1 is 0.706 bits per heavy atom. The summed E-state index contributed by atoms with van der Waals surface area (Å²) in [7, 11) is 0. The molecule has 0 aromatic heterocycles. The van der Waals surface area contributed by atoms with E-state index in [1.165, 1.54) is 64.2 Å². The maximum absolute atomic E-state index is 6.54. The Morgan fingerprint density at radius 2 is 1.12 bits per heavy atom. The molecule has 2 aliphatic carbocycles. The summed E-state index contributed by atoms with van der Waals surface area (Å²) in [5, 5.41) is 0. The molecule has 100 valence electrons. The van der Waals surface area contributed by atoms with Crippen LogP contribution in [0.25, 0.3) is 0 Å². The summed E-state index contributed by atoms with van der Waals surface area (Å²) in [4.78, 5) is 0. The molecule has 0 aromatic rings. The number of hydrogen-bond donors (Lipinski definition) is 0. The second-order valence-electron chi connectivity index (χ2n) is 6.12. The van der Waals surface area contributed by atoms with Gasteiger partial charge < -0.3 is 4.74 Å². The average molecular weight is 238 g/mol. The molecule has 2 aliphatic rings. The van der Waals surface area contributed by atoms with Crippen LogP contribution >= 0.6 is 0 Å². The quantitative estimate of drug-likeness (QED) is 0.674. The lowest BCUT2D eigenvalue weighted by Crippen LogP contribution is -2.36. The van der Waals surface area contributed by atoms with Gasteiger partial charge in [-0.3, -0.25) is 0 Å². The van der Waals surface area contributed by atoms with E-state index >= 15 is 0 Å². The fourth-order valence-electron chi connectivity index (χ4n) is 3.86. The maximum atomic E-state index is 6.54. The van der Waals surface area contributed by atoms with E-state index in [1.54, 1.807) is 0 Å². The van der Waals surface area contributed by atoms with Gasteiger partial charge in [0.05, 0.1) is 12.2 Å². The van der Waals surface area contributed by atoms with Gasteiger partial charge in [-0.2, -0.15) is 0 Å². The number of rotatable bonds is 4. The lowest BCUT2D eigenvalue weighted by Gasteiger charge is -2.38. The van der Waals surface area contributed by atoms with E-state index in [0.717, 1.165) is 11.8 Å². The van der Waals surface area contributed by atoms with Crippen LogP contribution in [0.3, 0.4) is 0 Å². The van der Waals surface area contributed by atoms with Gasteiger partial charge in [-0.25, -0.2) is 0 Å².